The summed E-state index contributed by atoms with van der Waals surface area (Å²) in [4.78, 5) is 1.01. The summed E-state index contributed by atoms with van der Waals surface area (Å²) in [5.74, 6) is -0.119. The summed E-state index contributed by atoms with van der Waals surface area (Å²) in [6.45, 7) is 1.79. The van der Waals surface area contributed by atoms with Gasteiger partial charge in [-0.25, -0.2) is 4.39 Å². The van der Waals surface area contributed by atoms with Crippen molar-refractivity contribution in [2.24, 2.45) is 0 Å². The molecule has 2 heteroatoms. The van der Waals surface area contributed by atoms with Crippen LogP contribution in [0.2, 0.25) is 0 Å². The van der Waals surface area contributed by atoms with Crippen molar-refractivity contribution in [3.8, 4) is 0 Å². The van der Waals surface area contributed by atoms with Gasteiger partial charge in [-0.3, -0.25) is 0 Å². The van der Waals surface area contributed by atoms with Gasteiger partial charge in [0.05, 0.1) is 0 Å². The van der Waals surface area contributed by atoms with Crippen molar-refractivity contribution in [1.82, 2.24) is 0 Å². The lowest BCUT2D eigenvalue weighted by atomic mass is 10.2. The molecule has 0 atom stereocenters. The second-order valence-electron chi connectivity index (χ2n) is 2.07. The summed E-state index contributed by atoms with van der Waals surface area (Å²) in [5, 5.41) is 0. The Morgan fingerprint density at radius 1 is 1.40 bits per heavy atom. The van der Waals surface area contributed by atoms with Crippen LogP contribution in [0.3, 0.4) is 0 Å². The number of hydrogen-bond donors (Lipinski definition) is 0. The van der Waals surface area contributed by atoms with Gasteiger partial charge in [-0.15, -0.1) is 11.8 Å². The first kappa shape index (κ1) is 7.61. The molecular formula is C8H9FS. The summed E-state index contributed by atoms with van der Waals surface area (Å²) < 4.78 is 12.8. The summed E-state index contributed by atoms with van der Waals surface area (Å²) in [6, 6.07) is 5.13. The molecule has 0 fully saturated rings. The fourth-order valence-corrected chi connectivity index (χ4v) is 1.43. The van der Waals surface area contributed by atoms with Crippen LogP contribution >= 0.6 is 11.8 Å². The second-order valence-corrected chi connectivity index (χ2v) is 2.92. The van der Waals surface area contributed by atoms with Crippen LogP contribution in [-0.2, 0) is 0 Å². The van der Waals surface area contributed by atoms with Gasteiger partial charge in [0, 0.05) is 4.90 Å². The van der Waals surface area contributed by atoms with Gasteiger partial charge in [-0.2, -0.15) is 0 Å². The first-order valence-corrected chi connectivity index (χ1v) is 4.27. The number of benzene rings is 1. The van der Waals surface area contributed by atoms with E-state index >= 15 is 0 Å². The van der Waals surface area contributed by atoms with E-state index in [0.29, 0.717) is 0 Å². The Hall–Kier alpha value is -0.500. The van der Waals surface area contributed by atoms with Gasteiger partial charge in [0.25, 0.3) is 0 Å². The van der Waals surface area contributed by atoms with Crippen LogP contribution in [0.4, 0.5) is 4.39 Å². The molecule has 0 bridgehead atoms. The minimum Gasteiger partial charge on any atom is -0.207 e. The Morgan fingerprint density at radius 3 is 2.60 bits per heavy atom. The van der Waals surface area contributed by atoms with E-state index in [9.17, 15) is 4.39 Å². The zero-order valence-electron chi connectivity index (χ0n) is 6.02. The van der Waals surface area contributed by atoms with Crippen LogP contribution in [0.25, 0.3) is 0 Å². The van der Waals surface area contributed by atoms with E-state index in [1.807, 2.05) is 12.3 Å². The fraction of sp³-hybridized carbons (Fsp3) is 0.250. The zero-order valence-corrected chi connectivity index (χ0v) is 6.83. The predicted molar refractivity (Wildman–Crippen MR) is 42.9 cm³/mol. The molecule has 10 heavy (non-hydrogen) atoms. The molecule has 0 aliphatic rings. The van der Waals surface area contributed by atoms with Crippen LogP contribution in [-0.4, -0.2) is 6.26 Å². The zero-order chi connectivity index (χ0) is 7.56. The number of hydrogen-bond acceptors (Lipinski definition) is 1. The lowest BCUT2D eigenvalue weighted by Gasteiger charge is -2.00. The average Bonchev–Trinajstić information content (AvgIpc) is 1.95. The van der Waals surface area contributed by atoms with Gasteiger partial charge in [-0.1, -0.05) is 6.07 Å². The highest BCUT2D eigenvalue weighted by Crippen LogP contribution is 2.20. The number of halogens is 1. The molecule has 0 spiro atoms. The van der Waals surface area contributed by atoms with Crippen molar-refractivity contribution in [1.29, 1.82) is 0 Å². The Bertz CT molecular complexity index is 233. The van der Waals surface area contributed by atoms with E-state index in [1.54, 1.807) is 24.8 Å². The number of rotatable bonds is 1. The maximum absolute atomic E-state index is 12.8. The van der Waals surface area contributed by atoms with Gasteiger partial charge >= 0.3 is 0 Å². The molecule has 0 heterocycles. The average molecular weight is 156 g/mol. The molecule has 0 saturated heterocycles. The monoisotopic (exact) mass is 156 g/mol. The second kappa shape index (κ2) is 3.06. The molecule has 0 saturated carbocycles. The first-order chi connectivity index (χ1) is 4.75. The quantitative estimate of drug-likeness (QED) is 0.563. The van der Waals surface area contributed by atoms with Gasteiger partial charge in [0.15, 0.2) is 0 Å². The van der Waals surface area contributed by atoms with Crippen molar-refractivity contribution >= 4 is 11.8 Å². The van der Waals surface area contributed by atoms with Crippen LogP contribution in [0, 0.1) is 12.7 Å². The molecule has 0 N–H and O–H groups in total. The maximum Gasteiger partial charge on any atom is 0.127 e. The van der Waals surface area contributed by atoms with E-state index in [-0.39, 0.29) is 5.82 Å². The van der Waals surface area contributed by atoms with E-state index in [2.05, 4.69) is 0 Å². The smallest absolute Gasteiger partial charge is 0.127 e. The Kier molecular flexibility index (Phi) is 2.33. The minimum absolute atomic E-state index is 0.119. The van der Waals surface area contributed by atoms with Gasteiger partial charge in [0.2, 0.25) is 0 Å². The molecular weight excluding hydrogens is 147 g/mol. The summed E-state index contributed by atoms with van der Waals surface area (Å²) in [7, 11) is 0. The van der Waals surface area contributed by atoms with Crippen LogP contribution in [0.15, 0.2) is 23.1 Å². The van der Waals surface area contributed by atoms with Crippen molar-refractivity contribution in [3.05, 3.63) is 29.6 Å². The van der Waals surface area contributed by atoms with Crippen molar-refractivity contribution in [3.63, 3.8) is 0 Å². The van der Waals surface area contributed by atoms with Gasteiger partial charge in [0.1, 0.15) is 5.82 Å². The summed E-state index contributed by atoms with van der Waals surface area (Å²) >= 11 is 1.57. The molecule has 0 radical (unpaired) electrons. The first-order valence-electron chi connectivity index (χ1n) is 3.05. The molecule has 0 aliphatic heterocycles. The minimum atomic E-state index is -0.119. The standard InChI is InChI=1S/C8H9FS/c1-6-7(9)4-3-5-8(6)10-2/h3-5H,1-2H3. The molecule has 0 unspecified atom stereocenters. The van der Waals surface area contributed by atoms with E-state index in [0.717, 1.165) is 10.5 Å². The molecule has 1 rings (SSSR count). The lowest BCUT2D eigenvalue weighted by Crippen LogP contribution is -1.83. The molecule has 0 aromatic heterocycles. The van der Waals surface area contributed by atoms with Crippen LogP contribution in [0.5, 0.6) is 0 Å². The normalized spacial score (nSPS) is 9.90. The fourth-order valence-electron chi connectivity index (χ4n) is 0.809. The molecule has 0 amide bonds. The van der Waals surface area contributed by atoms with E-state index in [4.69, 9.17) is 0 Å². The van der Waals surface area contributed by atoms with Gasteiger partial charge < -0.3 is 0 Å². The summed E-state index contributed by atoms with van der Waals surface area (Å²) in [5.41, 5.74) is 0.745. The van der Waals surface area contributed by atoms with E-state index in [1.165, 1.54) is 6.07 Å². The molecule has 1 aromatic carbocycles. The Labute approximate surface area is 64.4 Å². The third kappa shape index (κ3) is 1.32. The van der Waals surface area contributed by atoms with Crippen LogP contribution in [0.1, 0.15) is 5.56 Å². The number of thioether (sulfide) groups is 1. The lowest BCUT2D eigenvalue weighted by molar-refractivity contribution is 0.613. The van der Waals surface area contributed by atoms with Crippen molar-refractivity contribution in [2.45, 2.75) is 11.8 Å². The maximum atomic E-state index is 12.8. The summed E-state index contributed by atoms with van der Waals surface area (Å²) in [6.07, 6.45) is 1.95. The largest absolute Gasteiger partial charge is 0.207 e. The van der Waals surface area contributed by atoms with Crippen molar-refractivity contribution in [2.75, 3.05) is 6.26 Å². The molecule has 0 aliphatic carbocycles. The SMILES string of the molecule is CSc1cccc(F)c1C. The highest BCUT2D eigenvalue weighted by molar-refractivity contribution is 7.98. The third-order valence-corrected chi connectivity index (χ3v) is 2.32. The molecule has 0 nitrogen and oxygen atoms in total. The molecule has 54 valence electrons. The highest BCUT2D eigenvalue weighted by Gasteiger charge is 1.99. The molecule has 1 aromatic rings. The third-order valence-electron chi connectivity index (χ3n) is 1.44. The topological polar surface area (TPSA) is 0 Å². The highest BCUT2D eigenvalue weighted by atomic mass is 32.2. The Morgan fingerprint density at radius 2 is 2.10 bits per heavy atom. The Balaban J connectivity index is 3.14. The predicted octanol–water partition coefficient (Wildman–Crippen LogP) is 2.86. The van der Waals surface area contributed by atoms with Crippen LogP contribution < -0.4 is 0 Å². The van der Waals surface area contributed by atoms with Gasteiger partial charge in [-0.05, 0) is 30.9 Å². The van der Waals surface area contributed by atoms with Crippen molar-refractivity contribution < 1.29 is 4.39 Å². The van der Waals surface area contributed by atoms with E-state index < -0.39 is 0 Å².